The minimum Gasteiger partial charge on any atom is -0.495 e. The fraction of sp³-hybridized carbons (Fsp3) is 0.280. The fourth-order valence-corrected chi connectivity index (χ4v) is 14.5. The summed E-state index contributed by atoms with van der Waals surface area (Å²) in [6, 6.07) is 28.6. The molecule has 11 heterocycles. The molecule has 4 amide bonds. The Kier molecular flexibility index (Phi) is 21.0. The van der Waals surface area contributed by atoms with Gasteiger partial charge in [0.15, 0.2) is 22.9 Å². The Labute approximate surface area is 650 Å². The van der Waals surface area contributed by atoms with Gasteiger partial charge in [0.05, 0.1) is 60.5 Å². The summed E-state index contributed by atoms with van der Waals surface area (Å²) in [6.45, 7) is 6.84. The number of hydrogen-bond acceptors (Lipinski definition) is 24. The molecule has 31 nitrogen and oxygen atoms in total. The third-order valence-electron chi connectivity index (χ3n) is 20.1. The molecule has 2 aliphatic carbocycles. The number of amides is 4. The Hall–Kier alpha value is -13.8. The van der Waals surface area contributed by atoms with Gasteiger partial charge in [-0.1, -0.05) is 12.1 Å². The van der Waals surface area contributed by atoms with E-state index in [2.05, 4.69) is 77.1 Å². The standard InChI is InChI=1S/C28H27FN6O4.C27H29N7O5.C27H24N6O3/c1-14-32-20-9-8-15(10-23(20)38-14)18-13-31-25-24(18)27(39-16-6-4-5-7-16)35-28(34-25)33-21-12-19(29)17(26(36)30-2)11-22(21)37-3;1-15(35)31-22-13-16(6-9-29-22)19-14-30-24-23(19)26(39-18-7-10-38-11-8-18)34-27(33-24)32-20-5-4-17(25(36)28-2)12-21(20)37-3;1-14-30-21-9-6-15(11-22(21)35-14)20-13-28-24-23(20)26(36-18-4-2-3-5-18)33-27(32-24)31-17-7-8-19-16(10-17)12-29-25(19)34/h8-13,16H,4-7H2,1-3H3,(H,30,36)(H2,31,33,34,35);4-6,9,12-14,18H,7-8,10-11H2,1-3H3,(H,28,36)(H,29,31,35)(H2,30,32,33,34);6-11,13,18H,2-5,12H2,1H3,(H,29,34)(H2,28,31,32,33). The number of methoxy groups -OCH3 is 2. The fourth-order valence-electron chi connectivity index (χ4n) is 14.5. The molecular formula is C82H80FN19O12. The molecule has 0 bridgehead atoms. The van der Waals surface area contributed by atoms with Crippen LogP contribution in [-0.2, 0) is 16.1 Å². The van der Waals surface area contributed by atoms with Crippen LogP contribution < -0.4 is 60.9 Å². The number of benzene rings is 5. The minimum atomic E-state index is -0.707. The smallest absolute Gasteiger partial charge is 0.254 e. The first-order valence-corrected chi connectivity index (χ1v) is 37.4. The molecule has 114 heavy (non-hydrogen) atoms. The van der Waals surface area contributed by atoms with Crippen molar-refractivity contribution in [1.29, 1.82) is 0 Å². The number of rotatable bonds is 20. The highest BCUT2D eigenvalue weighted by molar-refractivity contribution is 6.03. The average molecular weight is 1540 g/mol. The molecule has 14 aromatic rings. The summed E-state index contributed by atoms with van der Waals surface area (Å²) in [7, 11) is 5.97. The second kappa shape index (κ2) is 32.3. The lowest BCUT2D eigenvalue weighted by atomic mass is 10.1. The largest absolute Gasteiger partial charge is 0.495 e. The van der Waals surface area contributed by atoms with Crippen LogP contribution in [0.1, 0.15) is 120 Å². The van der Waals surface area contributed by atoms with Crippen molar-refractivity contribution >= 4 is 120 Å². The molecule has 10 N–H and O–H groups in total. The maximum Gasteiger partial charge on any atom is 0.254 e. The maximum absolute atomic E-state index is 14.8. The van der Waals surface area contributed by atoms with E-state index >= 15 is 0 Å². The topological polar surface area (TPSA) is 398 Å². The summed E-state index contributed by atoms with van der Waals surface area (Å²) in [5.41, 5.74) is 13.8. The number of fused-ring (bicyclic) bond motifs is 6. The summed E-state index contributed by atoms with van der Waals surface area (Å²) < 4.78 is 62.0. The van der Waals surface area contributed by atoms with Gasteiger partial charge in [-0.3, -0.25) is 19.2 Å². The van der Waals surface area contributed by atoms with Gasteiger partial charge in [-0.05, 0) is 152 Å². The van der Waals surface area contributed by atoms with Crippen molar-refractivity contribution in [3.05, 3.63) is 162 Å². The molecule has 1 saturated heterocycles. The Balaban J connectivity index is 0.000000129. The number of aromatic amines is 3. The van der Waals surface area contributed by atoms with Crippen LogP contribution >= 0.6 is 0 Å². The monoisotopic (exact) mass is 1540 g/mol. The van der Waals surface area contributed by atoms with Crippen LogP contribution in [0.4, 0.5) is 45.1 Å². The number of carbonyl (C=O) groups is 4. The number of anilines is 7. The second-order valence-corrected chi connectivity index (χ2v) is 27.8. The van der Waals surface area contributed by atoms with E-state index < -0.39 is 11.7 Å². The Morgan fingerprint density at radius 3 is 1.56 bits per heavy atom. The van der Waals surface area contributed by atoms with E-state index in [-0.39, 0.29) is 64.9 Å². The number of H-pyrrole nitrogens is 3. The van der Waals surface area contributed by atoms with E-state index in [1.54, 1.807) is 37.5 Å². The van der Waals surface area contributed by atoms with Crippen LogP contribution in [-0.4, -0.2) is 143 Å². The number of aryl methyl sites for hydroxylation is 2. The van der Waals surface area contributed by atoms with Gasteiger partial charge in [-0.2, -0.15) is 29.9 Å². The predicted octanol–water partition coefficient (Wildman–Crippen LogP) is 14.7. The first-order chi connectivity index (χ1) is 55.5. The van der Waals surface area contributed by atoms with Crippen molar-refractivity contribution in [2.75, 3.05) is 62.8 Å². The van der Waals surface area contributed by atoms with Crippen LogP contribution in [0.25, 0.3) is 88.7 Å². The summed E-state index contributed by atoms with van der Waals surface area (Å²) in [6.07, 6.45) is 17.3. The van der Waals surface area contributed by atoms with E-state index in [1.807, 2.05) is 93.1 Å². The van der Waals surface area contributed by atoms with Crippen molar-refractivity contribution in [1.82, 2.24) is 75.8 Å². The Morgan fingerprint density at radius 2 is 1.04 bits per heavy atom. The van der Waals surface area contributed by atoms with E-state index in [4.69, 9.17) is 57.2 Å². The number of pyridine rings is 1. The predicted molar refractivity (Wildman–Crippen MR) is 425 cm³/mol. The first kappa shape index (κ1) is 74.3. The second-order valence-electron chi connectivity index (χ2n) is 27.8. The molecule has 5 aromatic carbocycles. The highest BCUT2D eigenvalue weighted by Gasteiger charge is 2.29. The minimum absolute atomic E-state index is 0.0388. The van der Waals surface area contributed by atoms with E-state index in [1.165, 1.54) is 40.3 Å². The third kappa shape index (κ3) is 15.8. The van der Waals surface area contributed by atoms with Gasteiger partial charge in [0.2, 0.25) is 41.4 Å². The summed E-state index contributed by atoms with van der Waals surface area (Å²) in [5.74, 6) is 2.95. The van der Waals surface area contributed by atoms with Crippen molar-refractivity contribution < 1.29 is 60.8 Å². The van der Waals surface area contributed by atoms with Crippen molar-refractivity contribution in [3.63, 3.8) is 0 Å². The van der Waals surface area contributed by atoms with E-state index in [9.17, 15) is 23.6 Å². The number of hydrogen-bond donors (Lipinski definition) is 10. The lowest BCUT2D eigenvalue weighted by Gasteiger charge is -2.23. The molecular weight excluding hydrogens is 1460 g/mol. The molecule has 0 radical (unpaired) electrons. The Bertz CT molecular complexity index is 6010. The summed E-state index contributed by atoms with van der Waals surface area (Å²) in [4.78, 5) is 98.7. The van der Waals surface area contributed by atoms with Gasteiger partial charge in [-0.25, -0.2) is 19.3 Å². The molecule has 0 spiro atoms. The van der Waals surface area contributed by atoms with Gasteiger partial charge in [-0.15, -0.1) is 0 Å². The van der Waals surface area contributed by atoms with Crippen LogP contribution in [0.3, 0.4) is 0 Å². The lowest BCUT2D eigenvalue weighted by molar-refractivity contribution is -0.114. The van der Waals surface area contributed by atoms with Gasteiger partial charge in [0, 0.05) is 119 Å². The van der Waals surface area contributed by atoms with E-state index in [0.29, 0.717) is 111 Å². The molecule has 9 aromatic heterocycles. The van der Waals surface area contributed by atoms with Gasteiger partial charge < -0.3 is 89.4 Å². The molecule has 582 valence electrons. The van der Waals surface area contributed by atoms with Gasteiger partial charge in [0.25, 0.3) is 17.7 Å². The number of ether oxygens (including phenoxy) is 6. The molecule has 4 aliphatic rings. The molecule has 32 heteroatoms. The van der Waals surface area contributed by atoms with Gasteiger partial charge in [0.1, 0.15) is 69.4 Å². The normalized spacial score (nSPS) is 14.3. The zero-order chi connectivity index (χ0) is 78.7. The number of oxazole rings is 2. The average Bonchev–Trinajstić information content (AvgIpc) is 1.61. The zero-order valence-electron chi connectivity index (χ0n) is 63.3. The van der Waals surface area contributed by atoms with Crippen LogP contribution in [0.2, 0.25) is 0 Å². The number of aromatic nitrogens is 12. The number of nitrogens with one attached hydrogen (secondary N) is 10. The molecule has 3 fully saturated rings. The molecule has 18 rings (SSSR count). The van der Waals surface area contributed by atoms with Crippen molar-refractivity contribution in [2.45, 2.75) is 110 Å². The Morgan fingerprint density at radius 1 is 0.526 bits per heavy atom. The lowest BCUT2D eigenvalue weighted by Crippen LogP contribution is -2.26. The number of nitrogens with zero attached hydrogens (tertiary/aromatic N) is 9. The zero-order valence-corrected chi connectivity index (χ0v) is 63.3. The first-order valence-electron chi connectivity index (χ1n) is 37.4. The molecule has 0 atom stereocenters. The van der Waals surface area contributed by atoms with Crippen molar-refractivity contribution in [3.8, 4) is 62.5 Å². The quantitative estimate of drug-likeness (QED) is 0.0339. The van der Waals surface area contributed by atoms with E-state index in [0.717, 1.165) is 136 Å². The molecule has 2 aliphatic heterocycles. The highest BCUT2D eigenvalue weighted by atomic mass is 19.1. The third-order valence-corrected chi connectivity index (χ3v) is 20.1. The number of carbonyl (C=O) groups excluding carboxylic acids is 4. The maximum atomic E-state index is 14.8. The van der Waals surface area contributed by atoms with Crippen LogP contribution in [0, 0.1) is 19.7 Å². The SMILES string of the molecule is CNC(=O)c1cc(OC)c(Nc2nc(OC3CCCC3)c3c(-c4ccc5nc(C)oc5c4)c[nH]c3n2)cc1F.CNC(=O)c1ccc(Nc2nc(OC3CCOCC3)c3c(-c4ccnc(NC(C)=O)c4)c[nH]c3n2)c(OC)c1.Cc1nc2ccc(-c3c[nH]c4nc(Nc5ccc6c(c5)CNC6=O)nc(OC5CCCC5)c34)cc2o1. The highest BCUT2D eigenvalue weighted by Crippen LogP contribution is 2.43. The van der Waals surface area contributed by atoms with Crippen LogP contribution in [0.15, 0.2) is 131 Å². The summed E-state index contributed by atoms with van der Waals surface area (Å²) >= 11 is 0. The van der Waals surface area contributed by atoms with Gasteiger partial charge >= 0.3 is 0 Å². The number of halogens is 1. The van der Waals surface area contributed by atoms with Crippen LogP contribution in [0.5, 0.6) is 29.1 Å². The van der Waals surface area contributed by atoms with Crippen molar-refractivity contribution in [2.24, 2.45) is 0 Å². The summed E-state index contributed by atoms with van der Waals surface area (Å²) in [5, 5.41) is 22.4. The molecule has 2 saturated carbocycles. The molecule has 0 unspecified atom stereocenters.